The van der Waals surface area contributed by atoms with E-state index in [0.29, 0.717) is 28.1 Å². The molecule has 8 heteroatoms. The fourth-order valence-electron chi connectivity index (χ4n) is 3.36. The van der Waals surface area contributed by atoms with Crippen molar-refractivity contribution in [3.63, 3.8) is 0 Å². The van der Waals surface area contributed by atoms with Crippen molar-refractivity contribution in [1.82, 2.24) is 15.3 Å². The molecule has 3 aromatic rings. The molecule has 29 heavy (non-hydrogen) atoms. The lowest BCUT2D eigenvalue weighted by atomic mass is 10.0. The lowest BCUT2D eigenvalue weighted by Crippen LogP contribution is -2.44. The second-order valence-corrected chi connectivity index (χ2v) is 7.83. The molecule has 2 aromatic heterocycles. The predicted octanol–water partition coefficient (Wildman–Crippen LogP) is 4.06. The first-order valence-corrected chi connectivity index (χ1v) is 10.1. The van der Waals surface area contributed by atoms with Gasteiger partial charge in [0.25, 0.3) is 11.9 Å². The van der Waals surface area contributed by atoms with Gasteiger partial charge in [-0.2, -0.15) is 4.98 Å². The smallest absolute Gasteiger partial charge is 0.298 e. The molecule has 1 fully saturated rings. The number of benzene rings is 1. The van der Waals surface area contributed by atoms with Crippen LogP contribution >= 0.6 is 11.6 Å². The van der Waals surface area contributed by atoms with Crippen LogP contribution in [0.3, 0.4) is 0 Å². The number of oxazole rings is 1. The number of carbonyl (C=O) groups is 1. The van der Waals surface area contributed by atoms with Crippen LogP contribution < -0.4 is 15.0 Å². The summed E-state index contributed by atoms with van der Waals surface area (Å²) in [6.45, 7) is 5.36. The van der Waals surface area contributed by atoms with Gasteiger partial charge in [0.05, 0.1) is 6.10 Å². The van der Waals surface area contributed by atoms with Crippen molar-refractivity contribution in [3.8, 4) is 5.88 Å². The lowest BCUT2D eigenvalue weighted by Gasteiger charge is -2.31. The van der Waals surface area contributed by atoms with Crippen molar-refractivity contribution in [3.05, 3.63) is 47.1 Å². The Balaban J connectivity index is 1.35. The highest BCUT2D eigenvalue weighted by Gasteiger charge is 2.24. The number of pyridine rings is 1. The van der Waals surface area contributed by atoms with Gasteiger partial charge in [-0.1, -0.05) is 11.6 Å². The monoisotopic (exact) mass is 414 g/mol. The second kappa shape index (κ2) is 8.29. The van der Waals surface area contributed by atoms with Gasteiger partial charge in [-0.25, -0.2) is 4.98 Å². The number of halogens is 1. The third-order valence-corrected chi connectivity index (χ3v) is 5.03. The number of ether oxygens (including phenoxy) is 1. The van der Waals surface area contributed by atoms with E-state index < -0.39 is 0 Å². The first-order chi connectivity index (χ1) is 14.0. The Kier molecular flexibility index (Phi) is 5.58. The number of fused-ring (bicyclic) bond motifs is 1. The standard InChI is InChI=1S/C21H23ClN4O3/c1-13(2)28-19-11-14(5-8-23-19)20(27)24-16-6-9-26(10-7-16)21-25-17-4-3-15(22)12-18(17)29-21/h3-5,8,11-13,16H,6-7,9-10H2,1-2H3,(H,24,27). The van der Waals surface area contributed by atoms with E-state index in [2.05, 4.69) is 20.2 Å². The zero-order valence-corrected chi connectivity index (χ0v) is 17.1. The minimum Gasteiger partial charge on any atom is -0.475 e. The van der Waals surface area contributed by atoms with Crippen molar-refractivity contribution >= 4 is 34.6 Å². The molecule has 1 aromatic carbocycles. The largest absolute Gasteiger partial charge is 0.475 e. The van der Waals surface area contributed by atoms with Gasteiger partial charge >= 0.3 is 0 Å². The van der Waals surface area contributed by atoms with Gasteiger partial charge in [0.1, 0.15) is 5.52 Å². The third-order valence-electron chi connectivity index (χ3n) is 4.79. The molecule has 1 aliphatic rings. The molecule has 0 bridgehead atoms. The van der Waals surface area contributed by atoms with Crippen LogP contribution in [0.1, 0.15) is 37.0 Å². The summed E-state index contributed by atoms with van der Waals surface area (Å²) in [5.74, 6) is 0.342. The fraction of sp³-hybridized carbons (Fsp3) is 0.381. The van der Waals surface area contributed by atoms with Crippen molar-refractivity contribution in [2.24, 2.45) is 0 Å². The van der Waals surface area contributed by atoms with E-state index in [1.807, 2.05) is 19.9 Å². The summed E-state index contributed by atoms with van der Waals surface area (Å²) in [5.41, 5.74) is 2.02. The first-order valence-electron chi connectivity index (χ1n) is 9.72. The van der Waals surface area contributed by atoms with Crippen LogP contribution in [0.25, 0.3) is 11.1 Å². The Hall–Kier alpha value is -2.80. The van der Waals surface area contributed by atoms with E-state index in [1.54, 1.807) is 30.5 Å². The number of hydrogen-bond acceptors (Lipinski definition) is 6. The van der Waals surface area contributed by atoms with Crippen molar-refractivity contribution in [1.29, 1.82) is 0 Å². The summed E-state index contributed by atoms with van der Waals surface area (Å²) in [6.07, 6.45) is 3.22. The van der Waals surface area contributed by atoms with E-state index in [9.17, 15) is 4.79 Å². The topological polar surface area (TPSA) is 80.5 Å². The maximum Gasteiger partial charge on any atom is 0.298 e. The van der Waals surface area contributed by atoms with Crippen molar-refractivity contribution in [2.75, 3.05) is 18.0 Å². The van der Waals surface area contributed by atoms with Gasteiger partial charge in [-0.15, -0.1) is 0 Å². The third kappa shape index (κ3) is 4.62. The molecule has 0 radical (unpaired) electrons. The number of amides is 1. The zero-order chi connectivity index (χ0) is 20.4. The molecule has 1 N–H and O–H groups in total. The first kappa shape index (κ1) is 19.5. The van der Waals surface area contributed by atoms with Crippen LogP contribution in [-0.2, 0) is 0 Å². The lowest BCUT2D eigenvalue weighted by molar-refractivity contribution is 0.0930. The van der Waals surface area contributed by atoms with E-state index in [1.165, 1.54) is 0 Å². The highest BCUT2D eigenvalue weighted by Crippen LogP contribution is 2.26. The molecule has 3 heterocycles. The number of hydrogen-bond donors (Lipinski definition) is 1. The number of piperidine rings is 1. The normalized spacial score (nSPS) is 15.1. The molecule has 0 spiro atoms. The van der Waals surface area contributed by atoms with Crippen molar-refractivity contribution < 1.29 is 13.9 Å². The van der Waals surface area contributed by atoms with Crippen LogP contribution in [0.2, 0.25) is 5.02 Å². The summed E-state index contributed by atoms with van der Waals surface area (Å²) in [6, 6.07) is 9.48. The van der Waals surface area contributed by atoms with E-state index >= 15 is 0 Å². The SMILES string of the molecule is CC(C)Oc1cc(C(=O)NC2CCN(c3nc4ccc(Cl)cc4o3)CC2)ccn1. The van der Waals surface area contributed by atoms with Crippen LogP contribution in [0, 0.1) is 0 Å². The molecular formula is C21H23ClN4O3. The Morgan fingerprint density at radius 1 is 1.28 bits per heavy atom. The molecular weight excluding hydrogens is 392 g/mol. The van der Waals surface area contributed by atoms with E-state index in [-0.39, 0.29) is 18.1 Å². The number of nitrogens with one attached hydrogen (secondary N) is 1. The minimum atomic E-state index is -0.115. The molecule has 0 saturated carbocycles. The number of nitrogens with zero attached hydrogens (tertiary/aromatic N) is 3. The number of rotatable bonds is 5. The summed E-state index contributed by atoms with van der Waals surface area (Å²) in [7, 11) is 0. The van der Waals surface area contributed by atoms with Gasteiger partial charge in [0.2, 0.25) is 5.88 Å². The summed E-state index contributed by atoms with van der Waals surface area (Å²) < 4.78 is 11.4. The van der Waals surface area contributed by atoms with Crippen LogP contribution in [-0.4, -0.2) is 41.1 Å². The average Bonchev–Trinajstić information content (AvgIpc) is 3.11. The van der Waals surface area contributed by atoms with E-state index in [0.717, 1.165) is 31.4 Å². The molecule has 4 rings (SSSR count). The summed E-state index contributed by atoms with van der Waals surface area (Å²) in [5, 5.41) is 3.73. The average molecular weight is 415 g/mol. The van der Waals surface area contributed by atoms with Crippen LogP contribution in [0.4, 0.5) is 6.01 Å². The van der Waals surface area contributed by atoms with Crippen LogP contribution in [0.5, 0.6) is 5.88 Å². The molecule has 0 aliphatic carbocycles. The maximum absolute atomic E-state index is 12.6. The molecule has 0 atom stereocenters. The summed E-state index contributed by atoms with van der Waals surface area (Å²) in [4.78, 5) is 23.4. The predicted molar refractivity (Wildman–Crippen MR) is 112 cm³/mol. The fourth-order valence-corrected chi connectivity index (χ4v) is 3.52. The second-order valence-electron chi connectivity index (χ2n) is 7.39. The van der Waals surface area contributed by atoms with Gasteiger partial charge in [-0.3, -0.25) is 4.79 Å². The Bertz CT molecular complexity index is 1010. The Morgan fingerprint density at radius 2 is 2.07 bits per heavy atom. The maximum atomic E-state index is 12.6. The summed E-state index contributed by atoms with van der Waals surface area (Å²) >= 11 is 6.01. The van der Waals surface area contributed by atoms with Crippen molar-refractivity contribution in [2.45, 2.75) is 38.8 Å². The van der Waals surface area contributed by atoms with Gasteiger partial charge in [0.15, 0.2) is 5.58 Å². The molecule has 7 nitrogen and oxygen atoms in total. The number of aromatic nitrogens is 2. The quantitative estimate of drug-likeness (QED) is 0.678. The Labute approximate surface area is 174 Å². The van der Waals surface area contributed by atoms with Gasteiger partial charge in [0, 0.05) is 48.0 Å². The number of anilines is 1. The molecule has 152 valence electrons. The van der Waals surface area contributed by atoms with Crippen LogP contribution in [0.15, 0.2) is 40.9 Å². The van der Waals surface area contributed by atoms with E-state index in [4.69, 9.17) is 20.8 Å². The highest BCUT2D eigenvalue weighted by molar-refractivity contribution is 6.31. The zero-order valence-electron chi connectivity index (χ0n) is 16.4. The number of carbonyl (C=O) groups excluding carboxylic acids is 1. The molecule has 1 saturated heterocycles. The molecule has 0 unspecified atom stereocenters. The molecule has 1 aliphatic heterocycles. The molecule has 1 amide bonds. The van der Waals surface area contributed by atoms with Gasteiger partial charge in [-0.05, 0) is 44.9 Å². The highest BCUT2D eigenvalue weighted by atomic mass is 35.5. The Morgan fingerprint density at radius 3 is 2.83 bits per heavy atom. The minimum absolute atomic E-state index is 0.00743. The van der Waals surface area contributed by atoms with Gasteiger partial charge < -0.3 is 19.4 Å².